The molecule has 2 unspecified atom stereocenters. The number of benzene rings is 1. The van der Waals surface area contributed by atoms with Crippen LogP contribution in [0.5, 0.6) is 11.5 Å². The van der Waals surface area contributed by atoms with Gasteiger partial charge in [-0.2, -0.15) is 0 Å². The first-order valence-corrected chi connectivity index (χ1v) is 9.72. The molecule has 7 nitrogen and oxygen atoms in total. The number of carbonyl (C=O) groups excluding carboxylic acids is 1. The zero-order valence-electron chi connectivity index (χ0n) is 17.0. The van der Waals surface area contributed by atoms with E-state index in [1.54, 1.807) is 19.2 Å². The van der Waals surface area contributed by atoms with Crippen LogP contribution in [-0.4, -0.2) is 48.3 Å². The minimum absolute atomic E-state index is 0.0135. The maximum atomic E-state index is 13.0. The average molecular weight is 395 g/mol. The predicted molar refractivity (Wildman–Crippen MR) is 107 cm³/mol. The zero-order chi connectivity index (χ0) is 21.1. The average Bonchev–Trinajstić information content (AvgIpc) is 2.63. The monoisotopic (exact) mass is 395 g/mol. The second-order valence-corrected chi connectivity index (χ2v) is 7.37. The molecule has 158 valence electrons. The van der Waals surface area contributed by atoms with E-state index < -0.39 is 5.97 Å². The van der Waals surface area contributed by atoms with Gasteiger partial charge in [0.25, 0.3) is 0 Å². The van der Waals surface area contributed by atoms with Crippen LogP contribution in [0.15, 0.2) is 18.2 Å². The van der Waals surface area contributed by atoms with E-state index in [2.05, 4.69) is 0 Å². The normalized spacial score (nSPS) is 13.3. The number of ether oxygens (including phenoxy) is 2. The van der Waals surface area contributed by atoms with Crippen LogP contribution in [0.1, 0.15) is 56.3 Å². The lowest BCUT2D eigenvalue weighted by Gasteiger charge is -2.23. The Kier molecular flexibility index (Phi) is 10.6. The molecule has 0 amide bonds. The maximum absolute atomic E-state index is 13.0. The molecule has 1 aromatic carbocycles. The molecule has 0 aliphatic rings. The molecule has 4 N–H and O–H groups in total. The van der Waals surface area contributed by atoms with Crippen molar-refractivity contribution in [2.75, 3.05) is 20.3 Å². The number of Topliss-reactive ketones (excluding diaryl/α,β-unsaturated/α-hetero) is 1. The van der Waals surface area contributed by atoms with Gasteiger partial charge in [-0.1, -0.05) is 13.8 Å². The minimum atomic E-state index is -0.842. The van der Waals surface area contributed by atoms with Gasteiger partial charge in [0, 0.05) is 44.1 Å². The van der Waals surface area contributed by atoms with Crippen molar-refractivity contribution in [3.8, 4) is 11.5 Å². The highest BCUT2D eigenvalue weighted by molar-refractivity contribution is 5.98. The van der Waals surface area contributed by atoms with Crippen LogP contribution in [0.4, 0.5) is 0 Å². The number of carboxylic acids is 1. The van der Waals surface area contributed by atoms with Crippen molar-refractivity contribution < 1.29 is 29.3 Å². The Labute approximate surface area is 166 Å². The molecular weight excluding hydrogens is 362 g/mol. The molecule has 0 radical (unpaired) electrons. The summed E-state index contributed by atoms with van der Waals surface area (Å²) in [6.45, 7) is 4.86. The summed E-state index contributed by atoms with van der Waals surface area (Å²) in [6, 6.07) is 4.38. The maximum Gasteiger partial charge on any atom is 0.303 e. The van der Waals surface area contributed by atoms with Crippen LogP contribution in [0.2, 0.25) is 0 Å². The van der Waals surface area contributed by atoms with E-state index in [1.807, 2.05) is 13.8 Å². The van der Waals surface area contributed by atoms with Gasteiger partial charge in [0.2, 0.25) is 0 Å². The van der Waals surface area contributed by atoms with Crippen molar-refractivity contribution in [2.24, 2.45) is 17.6 Å². The molecule has 0 saturated heterocycles. The third kappa shape index (κ3) is 8.27. The fourth-order valence-corrected chi connectivity index (χ4v) is 3.02. The van der Waals surface area contributed by atoms with E-state index in [9.17, 15) is 14.7 Å². The van der Waals surface area contributed by atoms with E-state index in [0.717, 1.165) is 0 Å². The zero-order valence-corrected chi connectivity index (χ0v) is 17.0. The van der Waals surface area contributed by atoms with E-state index in [1.165, 1.54) is 6.07 Å². The Bertz CT molecular complexity index is 631. The molecule has 0 aliphatic carbocycles. The number of hydrogen-bond donors (Lipinski definition) is 3. The van der Waals surface area contributed by atoms with Crippen molar-refractivity contribution >= 4 is 11.8 Å². The van der Waals surface area contributed by atoms with Gasteiger partial charge in [0.05, 0.1) is 6.61 Å². The van der Waals surface area contributed by atoms with Gasteiger partial charge in [-0.15, -0.1) is 0 Å². The highest BCUT2D eigenvalue weighted by Crippen LogP contribution is 2.30. The molecule has 1 rings (SSSR count). The van der Waals surface area contributed by atoms with Crippen LogP contribution < -0.4 is 10.5 Å². The van der Waals surface area contributed by atoms with Crippen molar-refractivity contribution in [3.63, 3.8) is 0 Å². The first kappa shape index (κ1) is 23.9. The molecule has 0 aromatic heterocycles. The van der Waals surface area contributed by atoms with Gasteiger partial charge in [-0.25, -0.2) is 0 Å². The molecule has 2 atom stereocenters. The molecular formula is C21H33NO6. The first-order valence-electron chi connectivity index (χ1n) is 9.72. The summed E-state index contributed by atoms with van der Waals surface area (Å²) in [7, 11) is 1.61. The number of methoxy groups -OCH3 is 1. The number of carbonyl (C=O) groups is 2. The Hall–Kier alpha value is -2.12. The van der Waals surface area contributed by atoms with E-state index in [-0.39, 0.29) is 41.6 Å². The standard InChI is InChI=1S/C21H33NO6/c1-14(2)17(13-16(22)6-4-7-20(24)25)21(26)15-8-9-18(23)19(12-15)28-11-5-10-27-3/h8-9,12,14,16-17,23H,4-7,10-11,13,22H2,1-3H3,(H,24,25). The van der Waals surface area contributed by atoms with Gasteiger partial charge < -0.3 is 25.4 Å². The third-order valence-corrected chi connectivity index (χ3v) is 4.66. The first-order chi connectivity index (χ1) is 13.3. The summed E-state index contributed by atoms with van der Waals surface area (Å²) in [6.07, 6.45) is 2.30. The Balaban J connectivity index is 2.79. The summed E-state index contributed by atoms with van der Waals surface area (Å²) in [4.78, 5) is 23.7. The van der Waals surface area contributed by atoms with Gasteiger partial charge in [-0.05, 0) is 43.4 Å². The van der Waals surface area contributed by atoms with Crippen molar-refractivity contribution in [2.45, 2.75) is 52.0 Å². The largest absolute Gasteiger partial charge is 0.504 e. The van der Waals surface area contributed by atoms with Gasteiger partial charge in [0.1, 0.15) is 0 Å². The molecule has 7 heteroatoms. The molecule has 0 saturated carbocycles. The fraction of sp³-hybridized carbons (Fsp3) is 0.619. The number of phenols is 1. The lowest BCUT2D eigenvalue weighted by Crippen LogP contribution is -2.30. The lowest BCUT2D eigenvalue weighted by molar-refractivity contribution is -0.137. The molecule has 0 heterocycles. The number of ketones is 1. The van der Waals surface area contributed by atoms with E-state index >= 15 is 0 Å². The molecule has 0 fully saturated rings. The van der Waals surface area contributed by atoms with Crippen molar-refractivity contribution in [1.82, 2.24) is 0 Å². The second-order valence-electron chi connectivity index (χ2n) is 7.37. The Morgan fingerprint density at radius 2 is 1.89 bits per heavy atom. The van der Waals surface area contributed by atoms with Crippen molar-refractivity contribution in [3.05, 3.63) is 23.8 Å². The molecule has 1 aromatic rings. The quantitative estimate of drug-likeness (QED) is 0.327. The highest BCUT2D eigenvalue weighted by atomic mass is 16.5. The van der Waals surface area contributed by atoms with Crippen LogP contribution in [-0.2, 0) is 9.53 Å². The SMILES string of the molecule is COCCCOc1cc(C(=O)C(CC(N)CCCC(=O)O)C(C)C)ccc1O. The molecule has 0 bridgehead atoms. The molecule has 0 spiro atoms. The summed E-state index contributed by atoms with van der Waals surface area (Å²) >= 11 is 0. The predicted octanol–water partition coefficient (Wildman–Crippen LogP) is 3.23. The number of nitrogens with two attached hydrogens (primary N) is 1. The summed E-state index contributed by atoms with van der Waals surface area (Å²) in [5.74, 6) is -0.838. The van der Waals surface area contributed by atoms with Crippen LogP contribution in [0, 0.1) is 11.8 Å². The van der Waals surface area contributed by atoms with Gasteiger partial charge in [-0.3, -0.25) is 9.59 Å². The molecule has 28 heavy (non-hydrogen) atoms. The number of hydrogen-bond acceptors (Lipinski definition) is 6. The number of phenolic OH excluding ortho intramolecular Hbond substituents is 1. The summed E-state index contributed by atoms with van der Waals surface area (Å²) in [5.41, 5.74) is 6.61. The van der Waals surface area contributed by atoms with Crippen LogP contribution in [0.25, 0.3) is 0 Å². The number of carboxylic acid groups (broad SMARTS) is 1. The highest BCUT2D eigenvalue weighted by Gasteiger charge is 2.26. The Morgan fingerprint density at radius 1 is 1.18 bits per heavy atom. The smallest absolute Gasteiger partial charge is 0.303 e. The van der Waals surface area contributed by atoms with Gasteiger partial charge >= 0.3 is 5.97 Å². The topological polar surface area (TPSA) is 119 Å². The van der Waals surface area contributed by atoms with Crippen LogP contribution in [0.3, 0.4) is 0 Å². The van der Waals surface area contributed by atoms with Gasteiger partial charge in [0.15, 0.2) is 17.3 Å². The minimum Gasteiger partial charge on any atom is -0.504 e. The lowest BCUT2D eigenvalue weighted by atomic mass is 9.82. The van der Waals surface area contributed by atoms with Crippen molar-refractivity contribution in [1.29, 1.82) is 0 Å². The number of rotatable bonds is 14. The third-order valence-electron chi connectivity index (χ3n) is 4.66. The molecule has 0 aliphatic heterocycles. The Morgan fingerprint density at radius 3 is 2.50 bits per heavy atom. The van der Waals surface area contributed by atoms with E-state index in [4.69, 9.17) is 20.3 Å². The van der Waals surface area contributed by atoms with Crippen LogP contribution >= 0.6 is 0 Å². The summed E-state index contributed by atoms with van der Waals surface area (Å²) in [5, 5.41) is 18.7. The fourth-order valence-electron chi connectivity index (χ4n) is 3.02. The summed E-state index contributed by atoms with van der Waals surface area (Å²) < 4.78 is 10.5. The number of aromatic hydroxyl groups is 1. The van der Waals surface area contributed by atoms with E-state index in [0.29, 0.717) is 44.5 Å². The number of aliphatic carboxylic acids is 1. The second kappa shape index (κ2) is 12.4.